The van der Waals surface area contributed by atoms with Crippen LogP contribution in [0.1, 0.15) is 64.6 Å². The fourth-order valence-electron chi connectivity index (χ4n) is 9.86. The number of benzene rings is 2. The highest BCUT2D eigenvalue weighted by Gasteiger charge is 2.64. The van der Waals surface area contributed by atoms with Gasteiger partial charge in [-0.1, -0.05) is 60.5 Å². The Hall–Kier alpha value is -6.64. The van der Waals surface area contributed by atoms with Crippen LogP contribution in [-0.2, 0) is 67.2 Å². The number of aliphatic hydroxyl groups is 3. The largest absolute Gasteiger partial charge is 0.495 e. The Morgan fingerprint density at radius 1 is 0.988 bits per heavy atom. The zero-order valence-electron chi connectivity index (χ0n) is 46.9. The third kappa shape index (κ3) is 15.0. The number of ether oxygens (including phenoxy) is 5. The average Bonchev–Trinajstić information content (AvgIpc) is 4.18. The highest BCUT2D eigenvalue weighted by atomic mass is 35.5. The van der Waals surface area contributed by atoms with Gasteiger partial charge in [0.05, 0.1) is 31.9 Å². The number of hydrogen-bond donors (Lipinski definition) is 8. The highest BCUT2D eigenvalue weighted by Crippen LogP contribution is 2.49. The van der Waals surface area contributed by atoms with E-state index in [1.54, 1.807) is 38.1 Å². The van der Waals surface area contributed by atoms with E-state index >= 15 is 0 Å². The van der Waals surface area contributed by atoms with E-state index in [1.165, 1.54) is 40.1 Å². The molecule has 3 aliphatic rings. The van der Waals surface area contributed by atoms with E-state index < -0.39 is 108 Å². The highest BCUT2D eigenvalue weighted by molar-refractivity contribution is 6.35. The lowest BCUT2D eigenvalue weighted by Gasteiger charge is -2.42. The van der Waals surface area contributed by atoms with Crippen LogP contribution in [-0.4, -0.2) is 187 Å². The summed E-state index contributed by atoms with van der Waals surface area (Å²) >= 11 is 6.80. The van der Waals surface area contributed by atoms with Gasteiger partial charge in [-0.05, 0) is 69.5 Å². The van der Waals surface area contributed by atoms with Crippen LogP contribution in [0, 0.1) is 5.92 Å². The molecule has 0 spiro atoms. The van der Waals surface area contributed by atoms with Gasteiger partial charge in [-0.2, -0.15) is 0 Å². The number of nitrogens with one attached hydrogen (secondary N) is 5. The van der Waals surface area contributed by atoms with Crippen LogP contribution in [0.3, 0.4) is 0 Å². The number of hydrazine groups is 1. The number of methoxy groups -OCH3 is 2. The van der Waals surface area contributed by atoms with Gasteiger partial charge in [0.15, 0.2) is 17.9 Å². The minimum Gasteiger partial charge on any atom is -0.495 e. The Balaban J connectivity index is 1.04. The number of allylic oxidation sites excluding steroid dienone is 3. The van der Waals surface area contributed by atoms with Crippen molar-refractivity contribution < 1.29 is 72.6 Å². The summed E-state index contributed by atoms with van der Waals surface area (Å²) in [5, 5.41) is 45.8. The number of epoxide rings is 1. The molecule has 8 N–H and O–H groups in total. The number of alkyl carbamates (subject to hydrolysis) is 1. The summed E-state index contributed by atoms with van der Waals surface area (Å²) in [5.74, 6) is -4.97. The summed E-state index contributed by atoms with van der Waals surface area (Å²) in [6, 6.07) is 12.1. The number of likely N-dealkylation sites (N-methyl/N-ethyl adjacent to an activating group) is 1. The number of hydrogen-bond acceptors (Lipinski definition) is 17. The second-order valence-electron chi connectivity index (χ2n) is 20.7. The topological polar surface area (TPSA) is 304 Å². The predicted octanol–water partition coefficient (Wildman–Crippen LogP) is 1.59. The standard InChI is InChI=1S/C55H76ClN9O15/c1-31-14-13-17-41(77-10)55(75)29-40(78-53(74)61-55)32(2)49-54(4,80-49)42(28-45(68)64(8)38-25-34(24-31)26-39(76-9)46(38)56)79-52(73)33(3)63(7)44(67)18-20-59-50(71)47(69)48(70)51(72)60-22-21-58-43(66)19-23-65-36(30-62(6)57-5)27-35-15-11-12-16-37(35)65/h11-17,25-27,32-33,40-42,47-49,57,69-70,75H,18-24,28-30H2,1-10H3,(H,58,66)(H,59,71)(H,60,72)(H,61,74)/b17-13+,31-14+/t32-,33+,40+,41-,42+,47+,48-,49+,54+,55+/m1/s1. The van der Waals surface area contributed by atoms with E-state index in [9.17, 15) is 48.9 Å². The predicted molar refractivity (Wildman–Crippen MR) is 294 cm³/mol. The maximum absolute atomic E-state index is 14.4. The number of aromatic nitrogens is 1. The molecule has 3 aliphatic heterocycles. The van der Waals surface area contributed by atoms with E-state index in [4.69, 9.17) is 35.3 Å². The molecule has 25 heteroatoms. The summed E-state index contributed by atoms with van der Waals surface area (Å²) in [6.07, 6.45) is -4.67. The molecule has 4 heterocycles. The quantitative estimate of drug-likeness (QED) is 0.0345. The van der Waals surface area contributed by atoms with Gasteiger partial charge in [-0.3, -0.25) is 34.7 Å². The Kier molecular flexibility index (Phi) is 21.3. The first kappa shape index (κ1) is 62.6. The number of esters is 1. The Bertz CT molecular complexity index is 2830. The van der Waals surface area contributed by atoms with Crippen molar-refractivity contribution in [2.45, 2.75) is 127 Å². The molecule has 10 atom stereocenters. The summed E-state index contributed by atoms with van der Waals surface area (Å²) in [5.41, 5.74) is 3.71. The molecule has 24 nitrogen and oxygen atoms in total. The van der Waals surface area contributed by atoms with Crippen molar-refractivity contribution in [1.82, 2.24) is 41.2 Å². The third-order valence-electron chi connectivity index (χ3n) is 15.0. The molecule has 1 aromatic heterocycles. The number of amides is 6. The van der Waals surface area contributed by atoms with Crippen LogP contribution in [0.4, 0.5) is 10.5 Å². The van der Waals surface area contributed by atoms with Crippen molar-refractivity contribution >= 4 is 69.8 Å². The summed E-state index contributed by atoms with van der Waals surface area (Å²) in [6.45, 7) is 7.16. The molecular weight excluding hydrogens is 1060 g/mol. The minimum atomic E-state index is -2.22. The minimum absolute atomic E-state index is 0.00166. The Morgan fingerprint density at radius 2 is 1.66 bits per heavy atom. The molecule has 0 aliphatic carbocycles. The lowest BCUT2D eigenvalue weighted by Crippen LogP contribution is -2.63. The van der Waals surface area contributed by atoms with E-state index in [1.807, 2.05) is 56.4 Å². The summed E-state index contributed by atoms with van der Waals surface area (Å²) in [7, 11) is 9.40. The molecule has 2 saturated heterocycles. The van der Waals surface area contributed by atoms with Gasteiger partial charge in [0, 0.05) is 90.8 Å². The average molecular weight is 1140 g/mol. The van der Waals surface area contributed by atoms with Crippen molar-refractivity contribution in [2.24, 2.45) is 5.92 Å². The first-order valence-electron chi connectivity index (χ1n) is 26.3. The van der Waals surface area contributed by atoms with Crippen LogP contribution in [0.25, 0.3) is 10.9 Å². The van der Waals surface area contributed by atoms with Crippen molar-refractivity contribution in [3.63, 3.8) is 0 Å². The molecule has 0 radical (unpaired) electrons. The van der Waals surface area contributed by atoms with Crippen molar-refractivity contribution in [3.05, 3.63) is 82.5 Å². The second-order valence-corrected chi connectivity index (χ2v) is 21.0. The fourth-order valence-corrected chi connectivity index (χ4v) is 10.2. The molecular formula is C55H76ClN9O15. The molecule has 438 valence electrons. The molecule has 3 aromatic rings. The van der Waals surface area contributed by atoms with Crippen molar-refractivity contribution in [2.75, 3.05) is 66.9 Å². The van der Waals surface area contributed by atoms with Gasteiger partial charge in [-0.25, -0.2) is 14.6 Å². The monoisotopic (exact) mass is 1140 g/mol. The van der Waals surface area contributed by atoms with E-state index in [0.717, 1.165) is 32.6 Å². The molecule has 6 amide bonds. The number of carbonyl (C=O) groups is 7. The maximum atomic E-state index is 14.4. The third-order valence-corrected chi connectivity index (χ3v) is 15.4. The van der Waals surface area contributed by atoms with Crippen LogP contribution < -0.4 is 36.3 Å². The molecule has 4 bridgehead atoms. The Labute approximate surface area is 470 Å². The summed E-state index contributed by atoms with van der Waals surface area (Å²) in [4.78, 5) is 95.5. The van der Waals surface area contributed by atoms with Gasteiger partial charge < -0.3 is 69.3 Å². The Morgan fingerprint density at radius 3 is 2.34 bits per heavy atom. The van der Waals surface area contributed by atoms with E-state index in [-0.39, 0.29) is 43.4 Å². The van der Waals surface area contributed by atoms with Gasteiger partial charge in [-0.15, -0.1) is 0 Å². The number of aliphatic hydroxyl groups excluding tert-OH is 2. The van der Waals surface area contributed by atoms with Gasteiger partial charge in [0.1, 0.15) is 40.7 Å². The second kappa shape index (κ2) is 27.2. The zero-order valence-corrected chi connectivity index (χ0v) is 47.6. The molecule has 2 aromatic carbocycles. The summed E-state index contributed by atoms with van der Waals surface area (Å²) < 4.78 is 31.3. The van der Waals surface area contributed by atoms with Crippen LogP contribution in [0.15, 0.2) is 66.3 Å². The number of halogens is 1. The lowest BCUT2D eigenvalue weighted by atomic mass is 9.83. The smallest absolute Gasteiger partial charge is 0.409 e. The van der Waals surface area contributed by atoms with Crippen molar-refractivity contribution in [3.8, 4) is 5.75 Å². The van der Waals surface area contributed by atoms with Crippen molar-refractivity contribution in [1.29, 1.82) is 0 Å². The SMILES string of the molecule is CNN(C)Cc1cc2ccccc2n1CCC(=O)NCCNC(=O)[C@H](O)[C@H](O)C(=O)NCCC(=O)N(C)[C@@H](C)C(=O)O[C@H]1CC(=O)N(C)c2cc(cc(OC)c2Cl)C/C(C)=C/C=C/[C@@H](OC)[C@@]2(O)C[C@H](OC(=O)N2)[C@@H](C)[C@@H]2O[C@@]12C. The van der Waals surface area contributed by atoms with Crippen LogP contribution >= 0.6 is 11.6 Å². The van der Waals surface area contributed by atoms with Gasteiger partial charge >= 0.3 is 12.1 Å². The molecule has 2 fully saturated rings. The molecule has 0 unspecified atom stereocenters. The van der Waals surface area contributed by atoms with E-state index in [0.29, 0.717) is 30.9 Å². The number of para-hydroxylation sites is 1. The number of anilines is 1. The van der Waals surface area contributed by atoms with Gasteiger partial charge in [0.2, 0.25) is 17.7 Å². The fraction of sp³-hybridized carbons (Fsp3) is 0.545. The molecule has 6 rings (SSSR count). The number of carbonyl (C=O) groups excluding carboxylic acids is 7. The first-order chi connectivity index (χ1) is 37.8. The molecule has 0 saturated carbocycles. The van der Waals surface area contributed by atoms with E-state index in [2.05, 4.69) is 37.3 Å². The zero-order chi connectivity index (χ0) is 58.8. The number of aryl methyl sites for hydroxylation is 1. The lowest BCUT2D eigenvalue weighted by molar-refractivity contribution is -0.162. The first-order valence-corrected chi connectivity index (χ1v) is 26.7. The number of rotatable bonds is 20. The normalized spacial score (nSPS) is 25.4. The number of nitrogens with zero attached hydrogens (tertiary/aromatic N) is 4. The maximum Gasteiger partial charge on any atom is 0.409 e. The van der Waals surface area contributed by atoms with Crippen LogP contribution in [0.2, 0.25) is 5.02 Å². The number of fused-ring (bicyclic) bond motifs is 6. The van der Waals surface area contributed by atoms with Crippen LogP contribution in [0.5, 0.6) is 5.75 Å². The molecule has 80 heavy (non-hydrogen) atoms. The van der Waals surface area contributed by atoms with Gasteiger partial charge in [0.25, 0.3) is 11.8 Å².